The summed E-state index contributed by atoms with van der Waals surface area (Å²) in [6.07, 6.45) is -1.17. The van der Waals surface area contributed by atoms with Crippen molar-refractivity contribution in [3.63, 3.8) is 0 Å². The van der Waals surface area contributed by atoms with Crippen molar-refractivity contribution < 1.29 is 23.9 Å². The van der Waals surface area contributed by atoms with Gasteiger partial charge in [-0.25, -0.2) is 4.79 Å². The number of halogens is 1. The summed E-state index contributed by atoms with van der Waals surface area (Å²) >= 11 is 5.36. The zero-order valence-corrected chi connectivity index (χ0v) is 15.0. The second-order valence-corrected chi connectivity index (χ2v) is 6.78. The number of nitrogens with one attached hydrogen (secondary N) is 1. The molecule has 0 radical (unpaired) electrons. The highest BCUT2D eigenvalue weighted by Gasteiger charge is 2.41. The molecule has 7 nitrogen and oxygen atoms in total. The van der Waals surface area contributed by atoms with Crippen LogP contribution in [0.25, 0.3) is 0 Å². The standard InChI is InChI=1S/C15H23ClN2O5/c1-9(2)11(22-10(19)7-16)12(20)18-15(6,8-17)13(21)23-14(3,4)5/h9,11H,7H2,1-6H3,(H,18,20). The highest BCUT2D eigenvalue weighted by Crippen LogP contribution is 2.16. The summed E-state index contributed by atoms with van der Waals surface area (Å²) < 4.78 is 10.1. The molecule has 0 spiro atoms. The number of esters is 2. The first-order chi connectivity index (χ1) is 10.4. The summed E-state index contributed by atoms with van der Waals surface area (Å²) in [5.74, 6) is -3.21. The lowest BCUT2D eigenvalue weighted by Gasteiger charge is -2.29. The van der Waals surface area contributed by atoms with E-state index in [2.05, 4.69) is 5.32 Å². The molecule has 130 valence electrons. The van der Waals surface area contributed by atoms with Gasteiger partial charge in [0.2, 0.25) is 5.54 Å². The second kappa shape index (κ2) is 8.16. The molecule has 8 heteroatoms. The van der Waals surface area contributed by atoms with Crippen molar-refractivity contribution in [1.29, 1.82) is 5.26 Å². The van der Waals surface area contributed by atoms with E-state index in [1.807, 2.05) is 0 Å². The Morgan fingerprint density at radius 1 is 1.22 bits per heavy atom. The van der Waals surface area contributed by atoms with Gasteiger partial charge in [-0.3, -0.25) is 9.59 Å². The lowest BCUT2D eigenvalue weighted by atomic mass is 10.0. The fourth-order valence-electron chi connectivity index (χ4n) is 1.49. The Morgan fingerprint density at radius 3 is 2.09 bits per heavy atom. The first kappa shape index (κ1) is 21.2. The average Bonchev–Trinajstić information content (AvgIpc) is 2.41. The third kappa shape index (κ3) is 6.87. The Balaban J connectivity index is 5.22. The van der Waals surface area contributed by atoms with Crippen molar-refractivity contribution >= 4 is 29.4 Å². The van der Waals surface area contributed by atoms with Crippen LogP contribution in [0.4, 0.5) is 0 Å². The van der Waals surface area contributed by atoms with Crippen LogP contribution in [0.1, 0.15) is 41.5 Å². The van der Waals surface area contributed by atoms with Crippen molar-refractivity contribution in [2.24, 2.45) is 5.92 Å². The number of alkyl halides is 1. The predicted molar refractivity (Wildman–Crippen MR) is 83.4 cm³/mol. The first-order valence-corrected chi connectivity index (χ1v) is 7.62. The van der Waals surface area contributed by atoms with Crippen molar-refractivity contribution in [1.82, 2.24) is 5.32 Å². The quantitative estimate of drug-likeness (QED) is 0.577. The molecule has 0 saturated heterocycles. The summed E-state index contributed by atoms with van der Waals surface area (Å²) in [6, 6.07) is 1.72. The molecule has 0 heterocycles. The van der Waals surface area contributed by atoms with Gasteiger partial charge in [0.15, 0.2) is 6.10 Å². The maximum absolute atomic E-state index is 12.3. The van der Waals surface area contributed by atoms with Gasteiger partial charge in [0.1, 0.15) is 17.6 Å². The molecule has 0 aromatic rings. The van der Waals surface area contributed by atoms with Crippen LogP contribution >= 0.6 is 11.6 Å². The summed E-state index contributed by atoms with van der Waals surface area (Å²) in [5, 5.41) is 11.5. The molecule has 0 aliphatic carbocycles. The monoisotopic (exact) mass is 346 g/mol. The van der Waals surface area contributed by atoms with Crippen molar-refractivity contribution in [3.05, 3.63) is 0 Å². The van der Waals surface area contributed by atoms with E-state index >= 15 is 0 Å². The molecule has 1 amide bonds. The van der Waals surface area contributed by atoms with Crippen LogP contribution in [0, 0.1) is 17.2 Å². The van der Waals surface area contributed by atoms with E-state index < -0.39 is 41.0 Å². The molecule has 2 unspecified atom stereocenters. The van der Waals surface area contributed by atoms with E-state index in [0.717, 1.165) is 0 Å². The van der Waals surface area contributed by atoms with Crippen LogP contribution in [-0.2, 0) is 23.9 Å². The predicted octanol–water partition coefficient (Wildman–Crippen LogP) is 1.53. The maximum Gasteiger partial charge on any atom is 0.347 e. The molecule has 0 aliphatic rings. The Bertz CT molecular complexity index is 507. The summed E-state index contributed by atoms with van der Waals surface area (Å²) in [7, 11) is 0. The van der Waals surface area contributed by atoms with Gasteiger partial charge in [0.05, 0.1) is 0 Å². The number of hydrogen-bond acceptors (Lipinski definition) is 6. The minimum absolute atomic E-state index is 0.372. The van der Waals surface area contributed by atoms with Crippen molar-refractivity contribution in [3.8, 4) is 6.07 Å². The van der Waals surface area contributed by atoms with Crippen LogP contribution in [-0.4, -0.2) is 41.0 Å². The van der Waals surface area contributed by atoms with Crippen LogP contribution < -0.4 is 5.32 Å². The number of nitrogens with zero attached hydrogens (tertiary/aromatic N) is 1. The largest absolute Gasteiger partial charge is 0.457 e. The number of amides is 1. The molecule has 0 rings (SSSR count). The highest BCUT2D eigenvalue weighted by atomic mass is 35.5. The van der Waals surface area contributed by atoms with Gasteiger partial charge in [-0.2, -0.15) is 5.26 Å². The molecular weight excluding hydrogens is 324 g/mol. The first-order valence-electron chi connectivity index (χ1n) is 7.08. The molecule has 2 atom stereocenters. The molecule has 0 aromatic carbocycles. The van der Waals surface area contributed by atoms with Gasteiger partial charge in [0.25, 0.3) is 5.91 Å². The molecule has 1 N–H and O–H groups in total. The number of nitriles is 1. The summed E-state index contributed by atoms with van der Waals surface area (Å²) in [5.41, 5.74) is -2.71. The third-order valence-corrected chi connectivity index (χ3v) is 2.85. The fourth-order valence-corrected chi connectivity index (χ4v) is 1.55. The number of ether oxygens (including phenoxy) is 2. The lowest BCUT2D eigenvalue weighted by molar-refractivity contribution is -0.164. The van der Waals surface area contributed by atoms with Gasteiger partial charge in [-0.1, -0.05) is 13.8 Å². The van der Waals surface area contributed by atoms with Gasteiger partial charge < -0.3 is 14.8 Å². The van der Waals surface area contributed by atoms with E-state index in [1.165, 1.54) is 6.92 Å². The van der Waals surface area contributed by atoms with Crippen molar-refractivity contribution in [2.75, 3.05) is 5.88 Å². The second-order valence-electron chi connectivity index (χ2n) is 6.52. The van der Waals surface area contributed by atoms with Gasteiger partial charge >= 0.3 is 11.9 Å². The minimum atomic E-state index is -1.90. The number of rotatable bonds is 6. The van der Waals surface area contributed by atoms with E-state index in [9.17, 15) is 19.6 Å². The topological polar surface area (TPSA) is 105 Å². The molecule has 0 aliphatic heterocycles. The zero-order valence-electron chi connectivity index (χ0n) is 14.2. The smallest absolute Gasteiger partial charge is 0.347 e. The molecule has 0 saturated carbocycles. The zero-order chi connectivity index (χ0) is 18.4. The Kier molecular flexibility index (Phi) is 7.52. The maximum atomic E-state index is 12.3. The van der Waals surface area contributed by atoms with Gasteiger partial charge in [-0.05, 0) is 33.6 Å². The Labute approximate surface area is 141 Å². The summed E-state index contributed by atoms with van der Waals surface area (Å²) in [4.78, 5) is 35.7. The molecule has 23 heavy (non-hydrogen) atoms. The van der Waals surface area contributed by atoms with Crippen LogP contribution in [0.5, 0.6) is 0 Å². The fraction of sp³-hybridized carbons (Fsp3) is 0.733. The minimum Gasteiger partial charge on any atom is -0.457 e. The van der Waals surface area contributed by atoms with Crippen molar-refractivity contribution in [2.45, 2.75) is 58.8 Å². The number of carbonyl (C=O) groups excluding carboxylic acids is 3. The Hall–Kier alpha value is -1.81. The van der Waals surface area contributed by atoms with E-state index in [0.29, 0.717) is 0 Å². The molecule has 0 aromatic heterocycles. The van der Waals surface area contributed by atoms with Gasteiger partial charge in [-0.15, -0.1) is 11.6 Å². The molecule has 0 bridgehead atoms. The van der Waals surface area contributed by atoms with Crippen LogP contribution in [0.3, 0.4) is 0 Å². The van der Waals surface area contributed by atoms with Crippen LogP contribution in [0.2, 0.25) is 0 Å². The number of hydrogen-bond donors (Lipinski definition) is 1. The normalized spacial score (nSPS) is 15.1. The summed E-state index contributed by atoms with van der Waals surface area (Å²) in [6.45, 7) is 9.46. The molecule has 0 fully saturated rings. The Morgan fingerprint density at radius 2 is 1.74 bits per heavy atom. The molecular formula is C15H23ClN2O5. The van der Waals surface area contributed by atoms with E-state index in [-0.39, 0.29) is 5.92 Å². The lowest BCUT2D eigenvalue weighted by Crippen LogP contribution is -2.57. The number of carbonyl (C=O) groups is 3. The van der Waals surface area contributed by atoms with Crippen LogP contribution in [0.15, 0.2) is 0 Å². The SMILES string of the molecule is CC(C)C(OC(=O)CCl)C(=O)NC(C)(C#N)C(=O)OC(C)(C)C. The van der Waals surface area contributed by atoms with E-state index in [1.54, 1.807) is 40.7 Å². The third-order valence-electron chi connectivity index (χ3n) is 2.64. The highest BCUT2D eigenvalue weighted by molar-refractivity contribution is 6.26. The van der Waals surface area contributed by atoms with Gasteiger partial charge in [0, 0.05) is 0 Å². The van der Waals surface area contributed by atoms with E-state index in [4.69, 9.17) is 21.1 Å². The average molecular weight is 347 g/mol.